The number of carbonyl (C=O) groups excluding carboxylic acids is 1. The average Bonchev–Trinajstić information content (AvgIpc) is 3.28. The molecule has 2 aliphatic rings. The number of benzene rings is 1. The molecular weight excluding hydrogens is 418 g/mol. The van der Waals surface area contributed by atoms with Crippen molar-refractivity contribution in [1.29, 1.82) is 0 Å². The van der Waals surface area contributed by atoms with Crippen LogP contribution in [0.1, 0.15) is 43.2 Å². The van der Waals surface area contributed by atoms with Crippen LogP contribution in [0.2, 0.25) is 5.02 Å². The Morgan fingerprint density at radius 2 is 1.97 bits per heavy atom. The quantitative estimate of drug-likeness (QED) is 0.650. The van der Waals surface area contributed by atoms with Crippen molar-refractivity contribution in [3.05, 3.63) is 45.9 Å². The molecular formula is C23H30ClN3O2S. The maximum absolute atomic E-state index is 12.7. The fourth-order valence-electron chi connectivity index (χ4n) is 4.52. The lowest BCUT2D eigenvalue weighted by atomic mass is 9.98. The topological polar surface area (TPSA) is 45.7 Å². The van der Waals surface area contributed by atoms with Gasteiger partial charge < -0.3 is 9.64 Å². The number of ether oxygens (including phenoxy) is 1. The summed E-state index contributed by atoms with van der Waals surface area (Å²) in [5.74, 6) is 0.275. The first-order valence-electron chi connectivity index (χ1n) is 10.9. The number of hydrogen-bond donors (Lipinski definition) is 0. The summed E-state index contributed by atoms with van der Waals surface area (Å²) in [4.78, 5) is 21.5. The molecule has 2 fully saturated rings. The molecule has 1 aromatic heterocycles. The Morgan fingerprint density at radius 1 is 1.20 bits per heavy atom. The highest BCUT2D eigenvalue weighted by molar-refractivity contribution is 7.11. The second-order valence-corrected chi connectivity index (χ2v) is 9.61. The van der Waals surface area contributed by atoms with E-state index in [1.54, 1.807) is 17.5 Å². The van der Waals surface area contributed by atoms with Crippen LogP contribution in [-0.4, -0.2) is 59.0 Å². The van der Waals surface area contributed by atoms with E-state index < -0.39 is 0 Å². The molecule has 0 N–H and O–H groups in total. The van der Waals surface area contributed by atoms with Crippen molar-refractivity contribution < 1.29 is 9.53 Å². The number of piperidine rings is 2. The normalized spacial score (nSPS) is 19.2. The van der Waals surface area contributed by atoms with Gasteiger partial charge in [-0.25, -0.2) is 4.98 Å². The second kappa shape index (κ2) is 10.1. The number of rotatable bonds is 6. The number of halogens is 1. The zero-order chi connectivity index (χ0) is 20.9. The minimum absolute atomic E-state index is 0.275. The van der Waals surface area contributed by atoms with E-state index in [9.17, 15) is 4.79 Å². The van der Waals surface area contributed by atoms with Crippen LogP contribution in [0, 0.1) is 6.92 Å². The van der Waals surface area contributed by atoms with Crippen molar-refractivity contribution in [1.82, 2.24) is 14.8 Å². The summed E-state index contributed by atoms with van der Waals surface area (Å²) in [6, 6.07) is 6.63. The SMILES string of the molecule is Cc1cc(CCC(=O)N2CCC(N3CCC(Oc4nccs4)CC3)CC2)ccc1Cl. The molecule has 162 valence electrons. The predicted octanol–water partition coefficient (Wildman–Crippen LogP) is 4.57. The maximum atomic E-state index is 12.7. The Labute approximate surface area is 188 Å². The Bertz CT molecular complexity index is 829. The number of likely N-dealkylation sites (tertiary alicyclic amines) is 2. The first-order valence-corrected chi connectivity index (χ1v) is 12.2. The fourth-order valence-corrected chi connectivity index (χ4v) is 5.19. The molecule has 0 bridgehead atoms. The highest BCUT2D eigenvalue weighted by Gasteiger charge is 2.30. The first-order chi connectivity index (χ1) is 14.6. The fraction of sp³-hybridized carbons (Fsp3) is 0.565. The van der Waals surface area contributed by atoms with E-state index in [0.717, 1.165) is 74.1 Å². The summed E-state index contributed by atoms with van der Waals surface area (Å²) < 4.78 is 5.98. The van der Waals surface area contributed by atoms with Crippen LogP contribution in [0.15, 0.2) is 29.8 Å². The van der Waals surface area contributed by atoms with Gasteiger partial charge in [-0.05, 0) is 56.2 Å². The molecule has 3 heterocycles. The third-order valence-corrected chi connectivity index (χ3v) is 7.42. The first kappa shape index (κ1) is 21.6. The molecule has 30 heavy (non-hydrogen) atoms. The number of hydrogen-bond acceptors (Lipinski definition) is 5. The average molecular weight is 448 g/mol. The molecule has 7 heteroatoms. The van der Waals surface area contributed by atoms with E-state index in [1.807, 2.05) is 24.4 Å². The van der Waals surface area contributed by atoms with E-state index in [4.69, 9.17) is 16.3 Å². The highest BCUT2D eigenvalue weighted by atomic mass is 35.5. The van der Waals surface area contributed by atoms with E-state index >= 15 is 0 Å². The lowest BCUT2D eigenvalue weighted by Crippen LogP contribution is -2.50. The zero-order valence-corrected chi connectivity index (χ0v) is 19.1. The van der Waals surface area contributed by atoms with Gasteiger partial charge in [0.15, 0.2) is 0 Å². The van der Waals surface area contributed by atoms with Crippen LogP contribution in [0.4, 0.5) is 0 Å². The summed E-state index contributed by atoms with van der Waals surface area (Å²) in [7, 11) is 0. The van der Waals surface area contributed by atoms with Crippen molar-refractivity contribution >= 4 is 28.8 Å². The Hall–Kier alpha value is -1.63. The Morgan fingerprint density at radius 3 is 2.63 bits per heavy atom. The van der Waals surface area contributed by atoms with E-state index in [2.05, 4.69) is 20.9 Å². The van der Waals surface area contributed by atoms with Gasteiger partial charge in [0.05, 0.1) is 0 Å². The molecule has 0 spiro atoms. The monoisotopic (exact) mass is 447 g/mol. The summed E-state index contributed by atoms with van der Waals surface area (Å²) >= 11 is 7.66. The van der Waals surface area contributed by atoms with Crippen LogP contribution in [0.5, 0.6) is 5.19 Å². The minimum atomic E-state index is 0.275. The number of thiazole rings is 1. The number of aryl methyl sites for hydroxylation is 2. The van der Waals surface area contributed by atoms with Crippen LogP contribution in [-0.2, 0) is 11.2 Å². The molecule has 0 aliphatic carbocycles. The van der Waals surface area contributed by atoms with Gasteiger partial charge in [0, 0.05) is 55.2 Å². The van der Waals surface area contributed by atoms with E-state index in [-0.39, 0.29) is 12.0 Å². The molecule has 2 aromatic rings. The molecule has 0 saturated carbocycles. The number of aromatic nitrogens is 1. The third-order valence-electron chi connectivity index (χ3n) is 6.34. The van der Waals surface area contributed by atoms with Crippen LogP contribution >= 0.6 is 22.9 Å². The Kier molecular flexibility index (Phi) is 7.28. The zero-order valence-electron chi connectivity index (χ0n) is 17.6. The van der Waals surface area contributed by atoms with Crippen molar-refractivity contribution in [2.24, 2.45) is 0 Å². The summed E-state index contributed by atoms with van der Waals surface area (Å²) in [5.41, 5.74) is 2.26. The smallest absolute Gasteiger partial charge is 0.273 e. The molecule has 0 radical (unpaired) electrons. The van der Waals surface area contributed by atoms with Gasteiger partial charge >= 0.3 is 0 Å². The van der Waals surface area contributed by atoms with Crippen molar-refractivity contribution in [3.63, 3.8) is 0 Å². The van der Waals surface area contributed by atoms with Crippen molar-refractivity contribution in [2.75, 3.05) is 26.2 Å². The standard InChI is InChI=1S/C23H30ClN3O2S/c1-17-16-18(2-4-21(17)24)3-5-22(28)27-11-6-19(7-12-27)26-13-8-20(9-14-26)29-23-25-10-15-30-23/h2,4,10,15-16,19-20H,3,5-9,11-14H2,1H3. The van der Waals surface area contributed by atoms with Crippen LogP contribution in [0.3, 0.4) is 0 Å². The van der Waals surface area contributed by atoms with Gasteiger partial charge in [-0.15, -0.1) is 0 Å². The lowest BCUT2D eigenvalue weighted by molar-refractivity contribution is -0.132. The largest absolute Gasteiger partial charge is 0.467 e. The summed E-state index contributed by atoms with van der Waals surface area (Å²) in [6.07, 6.45) is 7.69. The predicted molar refractivity (Wildman–Crippen MR) is 121 cm³/mol. The van der Waals surface area contributed by atoms with Crippen molar-refractivity contribution in [3.8, 4) is 5.19 Å². The molecule has 5 nitrogen and oxygen atoms in total. The third kappa shape index (κ3) is 5.54. The van der Waals surface area contributed by atoms with Gasteiger partial charge in [0.1, 0.15) is 6.10 Å². The maximum Gasteiger partial charge on any atom is 0.273 e. The molecule has 1 aromatic carbocycles. The van der Waals surface area contributed by atoms with Gasteiger partial charge in [-0.1, -0.05) is 35.1 Å². The van der Waals surface area contributed by atoms with Crippen LogP contribution in [0.25, 0.3) is 0 Å². The Balaban J connectivity index is 1.17. The van der Waals surface area contributed by atoms with Gasteiger partial charge in [0.2, 0.25) is 5.91 Å². The second-order valence-electron chi connectivity index (χ2n) is 8.35. The minimum Gasteiger partial charge on any atom is -0.467 e. The molecule has 1 amide bonds. The van der Waals surface area contributed by atoms with Crippen LogP contribution < -0.4 is 4.74 Å². The highest BCUT2D eigenvalue weighted by Crippen LogP contribution is 2.25. The molecule has 2 aliphatic heterocycles. The molecule has 0 unspecified atom stereocenters. The van der Waals surface area contributed by atoms with E-state index in [1.165, 1.54) is 5.56 Å². The van der Waals surface area contributed by atoms with Gasteiger partial charge in [0.25, 0.3) is 5.19 Å². The molecule has 2 saturated heterocycles. The number of nitrogens with zero attached hydrogens (tertiary/aromatic N) is 3. The summed E-state index contributed by atoms with van der Waals surface area (Å²) in [5, 5.41) is 3.52. The molecule has 4 rings (SSSR count). The van der Waals surface area contributed by atoms with Gasteiger partial charge in [-0.3, -0.25) is 9.69 Å². The number of amides is 1. The lowest BCUT2D eigenvalue weighted by Gasteiger charge is -2.41. The van der Waals surface area contributed by atoms with Crippen molar-refractivity contribution in [2.45, 2.75) is 57.6 Å². The summed E-state index contributed by atoms with van der Waals surface area (Å²) in [6.45, 7) is 5.90. The van der Waals surface area contributed by atoms with E-state index in [0.29, 0.717) is 12.5 Å². The number of carbonyl (C=O) groups is 1. The van der Waals surface area contributed by atoms with Gasteiger partial charge in [-0.2, -0.15) is 0 Å². The molecule has 0 atom stereocenters.